The predicted octanol–water partition coefficient (Wildman–Crippen LogP) is 4.81. The molecule has 0 N–H and O–H groups in total. The van der Waals surface area contributed by atoms with E-state index in [1.54, 1.807) is 0 Å². The topological polar surface area (TPSA) is 92.6 Å². The molecule has 0 aromatic heterocycles. The zero-order valence-electron chi connectivity index (χ0n) is 21.5. The average molecular weight is 674 g/mol. The first kappa shape index (κ1) is 35.2. The number of halogens is 10. The second kappa shape index (κ2) is 14.0. The summed E-state index contributed by atoms with van der Waals surface area (Å²) in [7, 11) is 0. The van der Waals surface area contributed by atoms with Gasteiger partial charge in [-0.2, -0.15) is 0 Å². The maximum absolute atomic E-state index is 12.5. The number of carboxylic acid groups (broad SMARTS) is 2. The van der Waals surface area contributed by atoms with E-state index in [2.05, 4.69) is 24.9 Å². The summed E-state index contributed by atoms with van der Waals surface area (Å²) in [5, 5.41) is 20.0. The van der Waals surface area contributed by atoms with Crippen molar-refractivity contribution in [3.63, 3.8) is 0 Å². The van der Waals surface area contributed by atoms with Crippen molar-refractivity contribution in [3.8, 4) is 0 Å². The second-order valence-electron chi connectivity index (χ2n) is 8.21. The van der Waals surface area contributed by atoms with Crippen molar-refractivity contribution < 1.29 is 79.9 Å². The molecular formula is C26H16CuF10N2O4+. The molecule has 0 bridgehead atoms. The minimum absolute atomic E-state index is 0.455. The Morgan fingerprint density at radius 3 is 1.35 bits per heavy atom. The van der Waals surface area contributed by atoms with Gasteiger partial charge in [-0.1, -0.05) is 0 Å². The Morgan fingerprint density at radius 1 is 0.674 bits per heavy atom. The smallest absolute Gasteiger partial charge is 0.200 e. The van der Waals surface area contributed by atoms with Crippen molar-refractivity contribution in [1.29, 1.82) is 0 Å². The normalized spacial score (nSPS) is 15.1. The summed E-state index contributed by atoms with van der Waals surface area (Å²) in [6, 6.07) is 8.19. The van der Waals surface area contributed by atoms with Gasteiger partial charge in [-0.25, -0.2) is 43.9 Å². The third-order valence-corrected chi connectivity index (χ3v) is 6.36. The molecular weight excluding hydrogens is 658 g/mol. The van der Waals surface area contributed by atoms with Gasteiger partial charge >= 0.3 is 99.4 Å². The molecule has 1 unspecified atom stereocenters. The fourth-order valence-corrected chi connectivity index (χ4v) is 3.90. The van der Waals surface area contributed by atoms with Crippen molar-refractivity contribution in [3.05, 3.63) is 93.6 Å². The van der Waals surface area contributed by atoms with E-state index in [-0.39, 0.29) is 0 Å². The Morgan fingerprint density at radius 2 is 1.02 bits per heavy atom. The summed E-state index contributed by atoms with van der Waals surface area (Å²) >= 11 is 5.89. The van der Waals surface area contributed by atoms with Crippen LogP contribution in [0.25, 0.3) is 0 Å². The van der Waals surface area contributed by atoms with Gasteiger partial charge in [0.2, 0.25) is 11.6 Å². The van der Waals surface area contributed by atoms with Crippen molar-refractivity contribution in [2.45, 2.75) is 26.7 Å². The fraction of sp³-hybridized carbons (Fsp3) is 0.192. The van der Waals surface area contributed by atoms with Crippen LogP contribution < -0.4 is 13.7 Å². The Labute approximate surface area is 244 Å². The van der Waals surface area contributed by atoms with Gasteiger partial charge in [0.15, 0.2) is 46.5 Å². The molecule has 1 heterocycles. The number of fused-ring (bicyclic) bond motifs is 1. The van der Waals surface area contributed by atoms with Gasteiger partial charge < -0.3 is 19.8 Å². The molecule has 0 saturated heterocycles. The van der Waals surface area contributed by atoms with Crippen LogP contribution in [0.2, 0.25) is 0 Å². The number of benzene rings is 3. The van der Waals surface area contributed by atoms with Crippen LogP contribution in [-0.2, 0) is 16.2 Å². The van der Waals surface area contributed by atoms with E-state index < -0.39 is 81.2 Å². The van der Waals surface area contributed by atoms with E-state index in [1.165, 1.54) is 0 Å². The van der Waals surface area contributed by atoms with Gasteiger partial charge in [-0.3, -0.25) is 0 Å². The molecule has 0 spiro atoms. The van der Waals surface area contributed by atoms with Crippen LogP contribution in [0.3, 0.4) is 0 Å². The third-order valence-electron chi connectivity index (χ3n) is 5.60. The monoisotopic (exact) mass is 673 g/mol. The van der Waals surface area contributed by atoms with E-state index in [4.69, 9.17) is 16.2 Å². The average Bonchev–Trinajstić information content (AvgIpc) is 3.25. The summed E-state index contributed by atoms with van der Waals surface area (Å²) in [6.45, 7) is 5.17. The second-order valence-corrected chi connectivity index (χ2v) is 8.92. The summed E-state index contributed by atoms with van der Waals surface area (Å²) in [6.07, 6.45) is 2.08. The third kappa shape index (κ3) is 6.84. The molecule has 43 heavy (non-hydrogen) atoms. The van der Waals surface area contributed by atoms with Crippen LogP contribution in [0.5, 0.6) is 0 Å². The number of hydrogen-bond donors (Lipinski definition) is 0. The zero-order chi connectivity index (χ0) is 33.0. The molecule has 4 rings (SSSR count). The number of carboxylic acids is 2. The maximum Gasteiger partial charge on any atom is 0.200 e. The van der Waals surface area contributed by atoms with E-state index in [9.17, 15) is 63.7 Å². The number of amidine groups is 1. The summed E-state index contributed by atoms with van der Waals surface area (Å²) in [5.74, 6) is -27.6. The fourth-order valence-electron chi connectivity index (χ4n) is 3.57. The number of nitrogens with zero attached hydrogens (tertiary/aromatic N) is 2. The molecule has 0 radical (unpaired) electrons. The number of aliphatic imine (C=N–C) groups is 1. The Hall–Kier alpha value is -3.95. The standard InChI is InChI=1S/C12H16N2.2C7HF5O2.Cu/c1-3-7-12-13-10-8-5-6-9-11(10)14(12)4-2;2*8-2-1(7(13)14)3(9)5(11)6(12)4(2)10;/h5-6,8-9H,3-4,7H2,1-2H3;2*(H,13,14);/q;;;+3/p-2. The SMILES string of the molecule is CCCC1=Nc2ccccc2[N+]1([Cu+2])CC.O=C([O-])c1c(F)c(F)c(F)c(F)c1F.O=C([O-])c1c(F)c(F)c(F)c(F)c1F. The van der Waals surface area contributed by atoms with E-state index in [0.717, 1.165) is 36.6 Å². The molecule has 0 aliphatic carbocycles. The van der Waals surface area contributed by atoms with Gasteiger partial charge in [0, 0.05) is 0 Å². The Bertz CT molecular complexity index is 1480. The number of rotatable bonds is 5. The molecule has 0 fully saturated rings. The van der Waals surface area contributed by atoms with E-state index >= 15 is 0 Å². The minimum atomic E-state index is -2.47. The number of quaternary nitrogens is 1. The molecule has 3 aromatic rings. The van der Waals surface area contributed by atoms with Crippen molar-refractivity contribution in [2.75, 3.05) is 6.54 Å². The number of carbonyl (C=O) groups excluding carboxylic acids is 2. The van der Waals surface area contributed by atoms with Crippen molar-refractivity contribution in [1.82, 2.24) is 3.50 Å². The molecule has 0 amide bonds. The van der Waals surface area contributed by atoms with Crippen LogP contribution in [0.1, 0.15) is 47.4 Å². The molecule has 0 saturated carbocycles. The molecule has 1 atom stereocenters. The van der Waals surface area contributed by atoms with Crippen LogP contribution in [-0.4, -0.2) is 24.3 Å². The molecule has 17 heteroatoms. The largest absolute Gasteiger partial charge is 0.545 e. The van der Waals surface area contributed by atoms with Gasteiger partial charge in [0.1, 0.15) is 0 Å². The first-order valence-corrected chi connectivity index (χ1v) is 12.1. The molecule has 234 valence electrons. The molecule has 3 aromatic carbocycles. The Kier molecular flexibility index (Phi) is 11.5. The van der Waals surface area contributed by atoms with Crippen molar-refractivity contribution in [2.24, 2.45) is 4.99 Å². The molecule has 6 nitrogen and oxygen atoms in total. The maximum atomic E-state index is 12.5. The van der Waals surface area contributed by atoms with Gasteiger partial charge in [-0.15, -0.1) is 0 Å². The predicted molar refractivity (Wildman–Crippen MR) is 122 cm³/mol. The van der Waals surface area contributed by atoms with Crippen molar-refractivity contribution >= 4 is 29.1 Å². The summed E-state index contributed by atoms with van der Waals surface area (Å²) in [5.41, 5.74) is -1.74. The first-order chi connectivity index (χ1) is 20.0. The van der Waals surface area contributed by atoms with Crippen LogP contribution in [0, 0.1) is 58.2 Å². The number of hydrogen-bond acceptors (Lipinski definition) is 5. The molecule has 1 aliphatic heterocycles. The van der Waals surface area contributed by atoms with Gasteiger partial charge in [0.05, 0.1) is 23.1 Å². The Balaban J connectivity index is 0.000000225. The number of carbonyl (C=O) groups is 2. The van der Waals surface area contributed by atoms with E-state index in [0.29, 0.717) is 3.50 Å². The summed E-state index contributed by atoms with van der Waals surface area (Å²) in [4.78, 5) is 24.7. The van der Waals surface area contributed by atoms with E-state index in [1.807, 2.05) is 18.2 Å². The first-order valence-electron chi connectivity index (χ1n) is 11.6. The summed E-state index contributed by atoms with van der Waals surface area (Å²) < 4.78 is 124. The van der Waals surface area contributed by atoms with Crippen LogP contribution in [0.4, 0.5) is 55.3 Å². The minimum Gasteiger partial charge on any atom is -0.545 e. The zero-order valence-corrected chi connectivity index (χ0v) is 22.5. The van der Waals surface area contributed by atoms with Gasteiger partial charge in [-0.05, 0) is 0 Å². The van der Waals surface area contributed by atoms with Crippen LogP contribution in [0.15, 0.2) is 29.3 Å². The molecule has 1 aliphatic rings. The van der Waals surface area contributed by atoms with Gasteiger partial charge in [0.25, 0.3) is 0 Å². The van der Waals surface area contributed by atoms with Crippen LogP contribution >= 0.6 is 0 Å². The number of aromatic carboxylic acids is 2. The quantitative estimate of drug-likeness (QED) is 0.168. The number of para-hydroxylation sites is 2.